The minimum Gasteiger partial charge on any atom is -0.296 e. The SMILES string of the molecule is CCC(CCC(C#N)(c1ccc(F)cc1)C1CCC1)N(CC)Cc1ccccc1. The van der Waals surface area contributed by atoms with Gasteiger partial charge >= 0.3 is 0 Å². The molecule has 1 aliphatic rings. The largest absolute Gasteiger partial charge is 0.296 e. The Hall–Kier alpha value is -2.18. The lowest BCUT2D eigenvalue weighted by molar-refractivity contribution is 0.146. The molecule has 2 aromatic carbocycles. The average molecular weight is 393 g/mol. The molecule has 0 heterocycles. The summed E-state index contributed by atoms with van der Waals surface area (Å²) in [5.74, 6) is 0.153. The zero-order valence-corrected chi connectivity index (χ0v) is 17.8. The molecule has 3 rings (SSSR count). The van der Waals surface area contributed by atoms with Gasteiger partial charge < -0.3 is 0 Å². The van der Waals surface area contributed by atoms with Gasteiger partial charge in [-0.3, -0.25) is 4.90 Å². The van der Waals surface area contributed by atoms with Crippen LogP contribution in [-0.4, -0.2) is 17.5 Å². The summed E-state index contributed by atoms with van der Waals surface area (Å²) in [6.45, 7) is 6.39. The second kappa shape index (κ2) is 10.0. The van der Waals surface area contributed by atoms with Crippen molar-refractivity contribution in [3.63, 3.8) is 0 Å². The summed E-state index contributed by atoms with van der Waals surface area (Å²) in [5.41, 5.74) is 1.83. The van der Waals surface area contributed by atoms with Crippen molar-refractivity contribution in [2.75, 3.05) is 6.54 Å². The molecule has 29 heavy (non-hydrogen) atoms. The van der Waals surface area contributed by atoms with Crippen molar-refractivity contribution in [2.45, 2.75) is 70.4 Å². The van der Waals surface area contributed by atoms with Gasteiger partial charge in [-0.25, -0.2) is 4.39 Å². The lowest BCUT2D eigenvalue weighted by Gasteiger charge is -2.42. The van der Waals surface area contributed by atoms with E-state index in [2.05, 4.69) is 55.1 Å². The van der Waals surface area contributed by atoms with E-state index < -0.39 is 5.41 Å². The summed E-state index contributed by atoms with van der Waals surface area (Å²) in [6, 6.07) is 20.4. The van der Waals surface area contributed by atoms with E-state index in [0.717, 1.165) is 50.8 Å². The number of hydrogen-bond acceptors (Lipinski definition) is 2. The molecular weight excluding hydrogens is 359 g/mol. The highest BCUT2D eigenvalue weighted by Crippen LogP contribution is 2.47. The summed E-state index contributed by atoms with van der Waals surface area (Å²) >= 11 is 0. The molecule has 1 aliphatic carbocycles. The van der Waals surface area contributed by atoms with Crippen LogP contribution < -0.4 is 0 Å². The maximum absolute atomic E-state index is 13.5. The second-order valence-electron chi connectivity index (χ2n) is 8.37. The van der Waals surface area contributed by atoms with Crippen molar-refractivity contribution in [2.24, 2.45) is 5.92 Å². The fraction of sp³-hybridized carbons (Fsp3) is 0.500. The Morgan fingerprint density at radius 1 is 1.10 bits per heavy atom. The molecule has 0 saturated heterocycles. The van der Waals surface area contributed by atoms with E-state index in [1.807, 2.05) is 12.1 Å². The lowest BCUT2D eigenvalue weighted by atomic mass is 9.60. The molecule has 0 radical (unpaired) electrons. The van der Waals surface area contributed by atoms with E-state index in [1.165, 1.54) is 24.1 Å². The molecule has 2 nitrogen and oxygen atoms in total. The Labute approximate surface area is 175 Å². The quantitative estimate of drug-likeness (QED) is 0.463. The summed E-state index contributed by atoms with van der Waals surface area (Å²) in [7, 11) is 0. The number of nitrogens with zero attached hydrogens (tertiary/aromatic N) is 2. The standard InChI is InChI=1S/C26H33FN2/c1-3-25(29(4-2)19-21-9-6-5-7-10-21)17-18-26(20-28,22-11-8-12-22)23-13-15-24(27)16-14-23/h5-7,9-10,13-16,22,25H,3-4,8,11-12,17-19H2,1-2H3. The Balaban J connectivity index is 1.77. The van der Waals surface area contributed by atoms with Crippen molar-refractivity contribution < 1.29 is 4.39 Å². The normalized spacial score (nSPS) is 17.3. The summed E-state index contributed by atoms with van der Waals surface area (Å²) in [5, 5.41) is 10.3. The third-order valence-corrected chi connectivity index (χ3v) is 6.86. The van der Waals surface area contributed by atoms with Crippen LogP contribution in [0.4, 0.5) is 4.39 Å². The number of benzene rings is 2. The molecule has 0 amide bonds. The van der Waals surface area contributed by atoms with Crippen molar-refractivity contribution in [1.82, 2.24) is 4.90 Å². The molecule has 2 atom stereocenters. The molecule has 0 N–H and O–H groups in total. The molecule has 154 valence electrons. The van der Waals surface area contributed by atoms with Crippen LogP contribution in [-0.2, 0) is 12.0 Å². The highest BCUT2D eigenvalue weighted by atomic mass is 19.1. The van der Waals surface area contributed by atoms with E-state index >= 15 is 0 Å². The maximum atomic E-state index is 13.5. The highest BCUT2D eigenvalue weighted by Gasteiger charge is 2.43. The fourth-order valence-corrected chi connectivity index (χ4v) is 4.80. The van der Waals surface area contributed by atoms with Crippen molar-refractivity contribution in [3.05, 3.63) is 71.5 Å². The zero-order valence-electron chi connectivity index (χ0n) is 17.8. The molecule has 0 aliphatic heterocycles. The van der Waals surface area contributed by atoms with Gasteiger partial charge in [0, 0.05) is 12.6 Å². The zero-order chi connectivity index (χ0) is 20.7. The predicted molar refractivity (Wildman–Crippen MR) is 117 cm³/mol. The molecule has 2 unspecified atom stereocenters. The average Bonchev–Trinajstić information content (AvgIpc) is 2.72. The predicted octanol–water partition coefficient (Wildman–Crippen LogP) is 6.47. The third kappa shape index (κ3) is 4.87. The van der Waals surface area contributed by atoms with Crippen LogP contribution >= 0.6 is 0 Å². The van der Waals surface area contributed by atoms with E-state index in [4.69, 9.17) is 0 Å². The van der Waals surface area contributed by atoms with Crippen LogP contribution in [0.5, 0.6) is 0 Å². The van der Waals surface area contributed by atoms with Gasteiger partial charge in [-0.05, 0) is 67.8 Å². The van der Waals surface area contributed by atoms with Crippen LogP contribution in [0.1, 0.15) is 63.5 Å². The highest BCUT2D eigenvalue weighted by molar-refractivity contribution is 5.35. The Bertz CT molecular complexity index is 792. The fourth-order valence-electron chi connectivity index (χ4n) is 4.80. The van der Waals surface area contributed by atoms with Gasteiger partial charge in [0.1, 0.15) is 5.82 Å². The summed E-state index contributed by atoms with van der Waals surface area (Å²) in [6.07, 6.45) is 6.28. The number of hydrogen-bond donors (Lipinski definition) is 0. The number of halogens is 1. The van der Waals surface area contributed by atoms with Gasteiger partial charge in [-0.15, -0.1) is 0 Å². The smallest absolute Gasteiger partial charge is 0.123 e. The first-order chi connectivity index (χ1) is 14.1. The summed E-state index contributed by atoms with van der Waals surface area (Å²) < 4.78 is 13.5. The monoisotopic (exact) mass is 392 g/mol. The Morgan fingerprint density at radius 3 is 2.31 bits per heavy atom. The second-order valence-corrected chi connectivity index (χ2v) is 8.37. The first kappa shape index (κ1) is 21.5. The minimum absolute atomic E-state index is 0.236. The van der Waals surface area contributed by atoms with Gasteiger partial charge in [0.05, 0.1) is 11.5 Å². The van der Waals surface area contributed by atoms with Crippen molar-refractivity contribution in [3.8, 4) is 6.07 Å². The van der Waals surface area contributed by atoms with Gasteiger partial charge in [0.15, 0.2) is 0 Å². The number of nitriles is 1. The van der Waals surface area contributed by atoms with E-state index in [9.17, 15) is 9.65 Å². The van der Waals surface area contributed by atoms with Crippen LogP contribution in [0.25, 0.3) is 0 Å². The molecule has 2 aromatic rings. The third-order valence-electron chi connectivity index (χ3n) is 6.86. The molecule has 0 spiro atoms. The minimum atomic E-state index is -0.495. The maximum Gasteiger partial charge on any atom is 0.123 e. The molecule has 0 aromatic heterocycles. The van der Waals surface area contributed by atoms with E-state index in [0.29, 0.717) is 12.0 Å². The van der Waals surface area contributed by atoms with Gasteiger partial charge in [0.2, 0.25) is 0 Å². The molecule has 0 bridgehead atoms. The van der Waals surface area contributed by atoms with Crippen molar-refractivity contribution in [1.29, 1.82) is 5.26 Å². The van der Waals surface area contributed by atoms with Gasteiger partial charge in [0.25, 0.3) is 0 Å². The Kier molecular flexibility index (Phi) is 7.45. The van der Waals surface area contributed by atoms with Crippen LogP contribution in [0.15, 0.2) is 54.6 Å². The van der Waals surface area contributed by atoms with E-state index in [-0.39, 0.29) is 5.82 Å². The number of rotatable bonds is 10. The molecule has 3 heteroatoms. The van der Waals surface area contributed by atoms with Crippen molar-refractivity contribution >= 4 is 0 Å². The van der Waals surface area contributed by atoms with Crippen LogP contribution in [0.2, 0.25) is 0 Å². The molecular formula is C26H33FN2. The summed E-state index contributed by atoms with van der Waals surface area (Å²) in [4.78, 5) is 2.53. The Morgan fingerprint density at radius 2 is 1.79 bits per heavy atom. The first-order valence-corrected chi connectivity index (χ1v) is 11.1. The van der Waals surface area contributed by atoms with Crippen LogP contribution in [0.3, 0.4) is 0 Å². The van der Waals surface area contributed by atoms with E-state index in [1.54, 1.807) is 0 Å². The molecule has 1 fully saturated rings. The van der Waals surface area contributed by atoms with Crippen LogP contribution in [0, 0.1) is 23.1 Å². The first-order valence-electron chi connectivity index (χ1n) is 11.1. The topological polar surface area (TPSA) is 27.0 Å². The molecule has 1 saturated carbocycles. The lowest BCUT2D eigenvalue weighted by Crippen LogP contribution is -2.41. The van der Waals surface area contributed by atoms with Gasteiger partial charge in [-0.2, -0.15) is 5.26 Å². The van der Waals surface area contributed by atoms with Gasteiger partial charge in [-0.1, -0.05) is 62.7 Å².